The van der Waals surface area contributed by atoms with Crippen molar-refractivity contribution in [1.29, 1.82) is 5.41 Å². The van der Waals surface area contributed by atoms with Gasteiger partial charge in [0, 0.05) is 63.1 Å². The van der Waals surface area contributed by atoms with Crippen LogP contribution in [0.5, 0.6) is 11.5 Å². The second-order valence-corrected chi connectivity index (χ2v) is 40.1. The van der Waals surface area contributed by atoms with E-state index in [1.165, 1.54) is 22.8 Å². The second-order valence-electron chi connectivity index (χ2n) is 38.5. The number of ether oxygens (including phenoxy) is 4. The maximum absolute atomic E-state index is 16.1. The van der Waals surface area contributed by atoms with Crippen LogP contribution in [-0.2, 0) is 92.2 Å². The van der Waals surface area contributed by atoms with Gasteiger partial charge in [-0.3, -0.25) is 57.9 Å². The molecule has 2 aromatic heterocycles. The fourth-order valence-corrected chi connectivity index (χ4v) is 18.4. The fourth-order valence-electron chi connectivity index (χ4n) is 16.9. The SMILES string of the molecule is CCNC(=O)[C@@H]1CCCN1C(=O)[C@H](CCCNC(=N)NS(=O)(=O)c1c(C)cc(OC)c(C)c1C)NC(=O)[C@H](CC(C)C)NC(=O)[C@@H](CC(C)C)NC(=O)[C@H](Cc1ccc(OC(C)(C)C)cc1)NC(=O)[C@H](COC(C)(C)C)NC(=O)[C@H](Cc1cn(C(=O)OC(C)(C)C)c2ccccc12)NC(=O)[C@H](Cc1cn(C(c2ccccc2)(c2ccccc2)c2ccccc2)cn1)NC(=O)C1CCC(=O)N1. The van der Waals surface area contributed by atoms with E-state index in [9.17, 15) is 32.4 Å². The van der Waals surface area contributed by atoms with Gasteiger partial charge in [-0.15, -0.1) is 0 Å². The van der Waals surface area contributed by atoms with Gasteiger partial charge in [0.2, 0.25) is 65.0 Å². The van der Waals surface area contributed by atoms with Crippen molar-refractivity contribution in [3.8, 4) is 11.5 Å². The average molecular weight is 1880 g/mol. The van der Waals surface area contributed by atoms with Gasteiger partial charge < -0.3 is 81.6 Å². The topological polar surface area (TPSA) is 441 Å². The van der Waals surface area contributed by atoms with E-state index in [1.807, 2.05) is 144 Å². The molecule has 135 heavy (non-hydrogen) atoms. The number of aromatic nitrogens is 3. The van der Waals surface area contributed by atoms with Crippen molar-refractivity contribution in [3.05, 3.63) is 215 Å². The monoisotopic (exact) mass is 1870 g/mol. The average Bonchev–Trinajstić information content (AvgIpc) is 1.68. The lowest BCUT2D eigenvalue weighted by Gasteiger charge is -2.37. The Morgan fingerprint density at radius 1 is 0.578 bits per heavy atom. The van der Waals surface area contributed by atoms with Crippen LogP contribution in [-0.4, -0.2) is 203 Å². The minimum atomic E-state index is -4.30. The number of nitrogens with zero attached hydrogens (tertiary/aromatic N) is 4. The number of carbonyl (C=O) groups is 11. The third kappa shape index (κ3) is 28.1. The summed E-state index contributed by atoms with van der Waals surface area (Å²) in [7, 11) is -2.82. The largest absolute Gasteiger partial charge is 0.496 e. The molecular weight excluding hydrogens is 1740 g/mol. The summed E-state index contributed by atoms with van der Waals surface area (Å²) in [4.78, 5) is 170. The van der Waals surface area contributed by atoms with E-state index in [0.29, 0.717) is 68.8 Å². The number of aryl methyl sites for hydroxylation is 1. The standard InChI is InChI=1S/C101H134N16O17S/c1-19-103-94(126)83-42-32-50-116(83)95(127)75(40-31-49-104-96(102)114-135(129,130)86-63(6)53-84(131-18)64(7)65(86)8)107-88(120)76(51-61(2)3)108-89(121)77(52-62(4)5)109-90(122)78(54-66-43-45-72(46-44-66)133-99(12,13)14)110-93(125)81(59-132-98(9,10)11)113-91(123)79(55-67-57-117(97(128)134-100(15,16)17)82-41-30-29-39-73(67)82)111-92(124)80(112-87(119)74-47-48-85(118)106-74)56-71-58-115(60-105-71)101(68-33-23-20-24-34-68,69-35-25-21-26-36-69)70-37-27-22-28-38-70/h20-30,33-39,41,43-46,53,57-58,60-62,74-81,83H,19,31-32,40,42,47-52,54-56,59H2,1-18H3,(H,103,126)(H,106,118)(H,107,120)(H,108,121)(H,109,122)(H,110,125)(H,111,124)(H,112,119)(H,113,123)(H3,102,104,114)/t74?,75-,76-,77+,78-,79-,80-,81-,83-/m0/s1. The van der Waals surface area contributed by atoms with Gasteiger partial charge in [-0.2, -0.15) is 0 Å². The predicted octanol–water partition coefficient (Wildman–Crippen LogP) is 9.59. The van der Waals surface area contributed by atoms with Crippen LogP contribution in [0.25, 0.3) is 10.9 Å². The van der Waals surface area contributed by atoms with Gasteiger partial charge in [0.05, 0.1) is 41.8 Å². The number of fused-ring (bicyclic) bond motifs is 1. The minimum absolute atomic E-state index is 0.0147. The Morgan fingerprint density at radius 3 is 1.62 bits per heavy atom. The molecule has 8 aromatic rings. The van der Waals surface area contributed by atoms with Gasteiger partial charge in [-0.05, 0) is 216 Å². The second kappa shape index (κ2) is 45.8. The number of likely N-dealkylation sites (tertiary alicyclic amines) is 1. The molecule has 0 aliphatic carbocycles. The van der Waals surface area contributed by atoms with Gasteiger partial charge >= 0.3 is 6.09 Å². The van der Waals surface area contributed by atoms with Crippen LogP contribution in [0.1, 0.15) is 199 Å². The predicted molar refractivity (Wildman–Crippen MR) is 514 cm³/mol. The van der Waals surface area contributed by atoms with Gasteiger partial charge in [-0.25, -0.2) is 22.9 Å². The fraction of sp³-hybridized carbons (Fsp3) is 0.475. The summed E-state index contributed by atoms with van der Waals surface area (Å²) >= 11 is 0. The van der Waals surface area contributed by atoms with Crippen molar-refractivity contribution in [3.63, 3.8) is 0 Å². The molecule has 33 nitrogen and oxygen atoms in total. The van der Waals surface area contributed by atoms with Crippen LogP contribution in [0, 0.1) is 38.0 Å². The summed E-state index contributed by atoms with van der Waals surface area (Å²) in [6.45, 7) is 29.8. The Bertz CT molecular complexity index is 5550. The zero-order valence-electron chi connectivity index (χ0n) is 80.7. The summed E-state index contributed by atoms with van der Waals surface area (Å²) in [5.41, 5.74) is 1.95. The number of methoxy groups -OCH3 is 1. The van der Waals surface area contributed by atoms with Crippen LogP contribution in [0.2, 0.25) is 0 Å². The van der Waals surface area contributed by atoms with Gasteiger partial charge in [0.15, 0.2) is 0 Å². The van der Waals surface area contributed by atoms with Crippen molar-refractivity contribution >= 4 is 92.1 Å². The zero-order chi connectivity index (χ0) is 98.6. The van der Waals surface area contributed by atoms with Crippen molar-refractivity contribution < 1.29 is 80.1 Å². The van der Waals surface area contributed by atoms with E-state index in [-0.39, 0.29) is 106 Å². The minimum Gasteiger partial charge on any atom is -0.496 e. The third-order valence-corrected chi connectivity index (χ3v) is 24.9. The highest BCUT2D eigenvalue weighted by atomic mass is 32.2. The lowest BCUT2D eigenvalue weighted by molar-refractivity contribution is -0.142. The molecule has 12 N–H and O–H groups in total. The smallest absolute Gasteiger partial charge is 0.419 e. The van der Waals surface area contributed by atoms with E-state index >= 15 is 28.8 Å². The first-order valence-electron chi connectivity index (χ1n) is 46.2. The normalized spacial score (nSPS) is 15.7. The Hall–Kier alpha value is -13.0. The molecule has 726 valence electrons. The third-order valence-electron chi connectivity index (χ3n) is 23.3. The summed E-state index contributed by atoms with van der Waals surface area (Å²) in [6, 6.07) is 32.2. The van der Waals surface area contributed by atoms with Gasteiger partial charge in [0.1, 0.15) is 82.6 Å². The molecule has 10 amide bonds. The number of amides is 10. The highest BCUT2D eigenvalue weighted by molar-refractivity contribution is 7.90. The van der Waals surface area contributed by atoms with E-state index in [1.54, 1.807) is 136 Å². The first-order chi connectivity index (χ1) is 63.8. The number of hydrogen-bond acceptors (Lipinski definition) is 19. The van der Waals surface area contributed by atoms with E-state index in [0.717, 1.165) is 16.7 Å². The molecule has 0 saturated carbocycles. The van der Waals surface area contributed by atoms with E-state index in [4.69, 9.17) is 29.3 Å². The number of benzene rings is 6. The number of sulfonamides is 1. The first-order valence-corrected chi connectivity index (χ1v) is 47.7. The maximum Gasteiger partial charge on any atom is 0.419 e. The number of para-hydroxylation sites is 1. The molecule has 1 unspecified atom stereocenters. The Labute approximate surface area is 791 Å². The zero-order valence-corrected chi connectivity index (χ0v) is 81.5. The molecule has 0 bridgehead atoms. The molecule has 34 heteroatoms. The van der Waals surface area contributed by atoms with Gasteiger partial charge in [-0.1, -0.05) is 149 Å². The van der Waals surface area contributed by atoms with Crippen molar-refractivity contribution in [2.45, 2.75) is 270 Å². The molecule has 2 saturated heterocycles. The van der Waals surface area contributed by atoms with Crippen LogP contribution in [0.3, 0.4) is 0 Å². The van der Waals surface area contributed by atoms with Crippen LogP contribution >= 0.6 is 0 Å². The van der Waals surface area contributed by atoms with Crippen molar-refractivity contribution in [2.75, 3.05) is 33.4 Å². The number of guanidine groups is 1. The molecule has 6 aromatic carbocycles. The van der Waals surface area contributed by atoms with Crippen molar-refractivity contribution in [2.24, 2.45) is 11.8 Å². The highest BCUT2D eigenvalue weighted by Gasteiger charge is 2.44. The molecule has 0 radical (unpaired) electrons. The molecule has 4 heterocycles. The summed E-state index contributed by atoms with van der Waals surface area (Å²) < 4.78 is 57.1. The number of carbonyl (C=O) groups excluding carboxylic acids is 11. The quantitative estimate of drug-likeness (QED) is 0.00734. The number of hydrogen-bond donors (Lipinski definition) is 12. The Kier molecular flexibility index (Phi) is 35.3. The molecule has 0 spiro atoms. The Morgan fingerprint density at radius 2 is 1.10 bits per heavy atom. The number of rotatable bonds is 41. The van der Waals surface area contributed by atoms with E-state index < -0.39 is 153 Å². The van der Waals surface area contributed by atoms with Crippen LogP contribution < -0.4 is 67.4 Å². The number of nitrogens with one attached hydrogen (secondary N) is 12. The number of imidazole rings is 1. The summed E-state index contributed by atoms with van der Waals surface area (Å²) in [5, 5.41) is 37.6. The van der Waals surface area contributed by atoms with Crippen LogP contribution in [0.15, 0.2) is 169 Å². The first kappa shape index (κ1) is 104. The molecule has 2 fully saturated rings. The molecule has 2 aliphatic rings. The summed E-state index contributed by atoms with van der Waals surface area (Å²) in [6.07, 6.45) is 4.23. The number of likely N-dealkylation sites (N-methyl/N-ethyl adjacent to an activating group) is 1. The van der Waals surface area contributed by atoms with Crippen molar-refractivity contribution in [1.82, 2.24) is 76.9 Å². The molecule has 9 atom stereocenters. The molecule has 2 aliphatic heterocycles. The van der Waals surface area contributed by atoms with Crippen LogP contribution in [0.4, 0.5) is 4.79 Å². The molecular formula is C101H134N16O17S. The molecule has 10 rings (SSSR count). The Balaban J connectivity index is 0.970. The van der Waals surface area contributed by atoms with Gasteiger partial charge in [0.25, 0.3) is 10.0 Å². The summed E-state index contributed by atoms with van der Waals surface area (Å²) in [5.74, 6) is -7.53. The van der Waals surface area contributed by atoms with E-state index in [2.05, 4.69) is 57.9 Å². The lowest BCUT2D eigenvalue weighted by atomic mass is 9.77. The lowest BCUT2D eigenvalue weighted by Crippen LogP contribution is -2.62. The highest BCUT2D eigenvalue weighted by Crippen LogP contribution is 2.42. The maximum atomic E-state index is 16.1.